The summed E-state index contributed by atoms with van der Waals surface area (Å²) in [5, 5.41) is 6.58. The van der Waals surface area contributed by atoms with Gasteiger partial charge in [-0.1, -0.05) is 0 Å². The summed E-state index contributed by atoms with van der Waals surface area (Å²) in [6.07, 6.45) is 0.160. The zero-order valence-electron chi connectivity index (χ0n) is 17.0. The molecule has 0 unspecified atom stereocenters. The van der Waals surface area contributed by atoms with E-state index in [1.165, 1.54) is 19.2 Å². The molecule has 1 aromatic carbocycles. The number of hydrogen-bond acceptors (Lipinski definition) is 7. The van der Waals surface area contributed by atoms with Crippen molar-refractivity contribution in [3.8, 4) is 5.88 Å². The van der Waals surface area contributed by atoms with Gasteiger partial charge in [0.2, 0.25) is 5.88 Å². The molecule has 0 bridgehead atoms. The number of thiophene rings is 1. The van der Waals surface area contributed by atoms with Crippen molar-refractivity contribution in [1.29, 1.82) is 0 Å². The van der Waals surface area contributed by atoms with Gasteiger partial charge in [0, 0.05) is 50.2 Å². The average molecular weight is 448 g/mol. The minimum atomic E-state index is -0.484. The smallest absolute Gasteiger partial charge is 0.263 e. The molecule has 1 aliphatic heterocycles. The van der Waals surface area contributed by atoms with Gasteiger partial charge in [-0.05, 0) is 24.1 Å². The van der Waals surface area contributed by atoms with Crippen molar-refractivity contribution in [2.24, 2.45) is 0 Å². The standard InChI is InChI=1S/C21H23F2N5O2S/c1-30-17-3-2-13-18(24)19(31-21(13)27-17)20(29)26-5-4-12-10-15(23)16(11-14(12)22)28-8-6-25-7-9-28/h2-3,10-11,25H,4-9,24H2,1H3,(H,26,29). The second kappa shape index (κ2) is 9.03. The first-order chi connectivity index (χ1) is 15.0. The number of nitrogens with one attached hydrogen (secondary N) is 2. The average Bonchev–Trinajstić information content (AvgIpc) is 3.12. The highest BCUT2D eigenvalue weighted by Gasteiger charge is 2.19. The van der Waals surface area contributed by atoms with Gasteiger partial charge in [-0.15, -0.1) is 11.3 Å². The van der Waals surface area contributed by atoms with Crippen molar-refractivity contribution in [3.63, 3.8) is 0 Å². The van der Waals surface area contributed by atoms with Crippen LogP contribution in [0.2, 0.25) is 0 Å². The molecule has 0 radical (unpaired) electrons. The first-order valence-electron chi connectivity index (χ1n) is 9.92. The van der Waals surface area contributed by atoms with Crippen molar-refractivity contribution in [3.05, 3.63) is 46.3 Å². The monoisotopic (exact) mass is 447 g/mol. The number of fused-ring (bicyclic) bond motifs is 1. The van der Waals surface area contributed by atoms with Gasteiger partial charge in [0.05, 0.1) is 18.5 Å². The predicted octanol–water partition coefficient (Wildman–Crippen LogP) is 2.55. The van der Waals surface area contributed by atoms with Gasteiger partial charge in [0.15, 0.2) is 0 Å². The van der Waals surface area contributed by atoms with Gasteiger partial charge in [0.25, 0.3) is 5.91 Å². The van der Waals surface area contributed by atoms with Crippen molar-refractivity contribution in [2.45, 2.75) is 6.42 Å². The number of aromatic nitrogens is 1. The number of rotatable bonds is 6. The number of pyridine rings is 1. The molecule has 10 heteroatoms. The topological polar surface area (TPSA) is 92.5 Å². The van der Waals surface area contributed by atoms with Gasteiger partial charge in [0.1, 0.15) is 21.3 Å². The summed E-state index contributed by atoms with van der Waals surface area (Å²) in [5.74, 6) is -0.888. The number of nitrogens with zero attached hydrogens (tertiary/aromatic N) is 2. The van der Waals surface area contributed by atoms with E-state index < -0.39 is 11.6 Å². The minimum absolute atomic E-state index is 0.145. The number of anilines is 2. The Labute approximate surface area is 182 Å². The Morgan fingerprint density at radius 1 is 1.29 bits per heavy atom. The lowest BCUT2D eigenvalue weighted by Gasteiger charge is -2.30. The van der Waals surface area contributed by atoms with E-state index in [0.29, 0.717) is 39.8 Å². The lowest BCUT2D eigenvalue weighted by atomic mass is 10.1. The molecule has 2 aromatic heterocycles. The molecular formula is C21H23F2N5O2S. The van der Waals surface area contributed by atoms with Crippen molar-refractivity contribution >= 4 is 38.8 Å². The first kappa shape index (κ1) is 21.3. The normalized spacial score (nSPS) is 14.1. The zero-order valence-corrected chi connectivity index (χ0v) is 17.8. The molecule has 1 saturated heterocycles. The molecule has 4 rings (SSSR count). The number of nitrogen functional groups attached to an aromatic ring is 1. The van der Waals surface area contributed by atoms with E-state index in [0.717, 1.165) is 24.4 Å². The number of amides is 1. The number of halogens is 2. The number of carbonyl (C=O) groups excluding carboxylic acids is 1. The van der Waals surface area contributed by atoms with Crippen molar-refractivity contribution < 1.29 is 18.3 Å². The van der Waals surface area contributed by atoms with Crippen LogP contribution in [0, 0.1) is 11.6 Å². The Morgan fingerprint density at radius 3 is 2.81 bits per heavy atom. The quantitative estimate of drug-likeness (QED) is 0.538. The molecule has 3 heterocycles. The van der Waals surface area contributed by atoms with E-state index in [2.05, 4.69) is 15.6 Å². The third-order valence-electron chi connectivity index (χ3n) is 5.24. The number of ether oxygens (including phenoxy) is 1. The summed E-state index contributed by atoms with van der Waals surface area (Å²) >= 11 is 1.16. The summed E-state index contributed by atoms with van der Waals surface area (Å²) < 4.78 is 34.2. The fraction of sp³-hybridized carbons (Fsp3) is 0.333. The third-order valence-corrected chi connectivity index (χ3v) is 6.35. The molecule has 7 nitrogen and oxygen atoms in total. The van der Waals surface area contributed by atoms with Crippen LogP contribution in [0.25, 0.3) is 10.2 Å². The molecule has 0 atom stereocenters. The van der Waals surface area contributed by atoms with Crippen LogP contribution in [-0.4, -0.2) is 50.7 Å². The van der Waals surface area contributed by atoms with Gasteiger partial charge in [-0.25, -0.2) is 13.8 Å². The molecular weight excluding hydrogens is 424 g/mol. The van der Waals surface area contributed by atoms with Crippen LogP contribution in [0.15, 0.2) is 24.3 Å². The number of piperazine rings is 1. The summed E-state index contributed by atoms with van der Waals surface area (Å²) in [6, 6.07) is 5.88. The molecule has 31 heavy (non-hydrogen) atoms. The van der Waals surface area contributed by atoms with Gasteiger partial charge in [-0.3, -0.25) is 4.79 Å². The maximum Gasteiger partial charge on any atom is 0.263 e. The van der Waals surface area contributed by atoms with E-state index in [1.54, 1.807) is 12.1 Å². The van der Waals surface area contributed by atoms with Gasteiger partial charge >= 0.3 is 0 Å². The van der Waals surface area contributed by atoms with Crippen LogP contribution in [-0.2, 0) is 6.42 Å². The Balaban J connectivity index is 1.42. The van der Waals surface area contributed by atoms with Crippen LogP contribution >= 0.6 is 11.3 Å². The highest BCUT2D eigenvalue weighted by atomic mass is 32.1. The second-order valence-electron chi connectivity index (χ2n) is 7.19. The molecule has 4 N–H and O–H groups in total. The Morgan fingerprint density at radius 2 is 2.06 bits per heavy atom. The molecule has 1 aliphatic rings. The number of nitrogens with two attached hydrogens (primary N) is 1. The largest absolute Gasteiger partial charge is 0.481 e. The van der Waals surface area contributed by atoms with E-state index in [1.807, 2.05) is 4.90 Å². The lowest BCUT2D eigenvalue weighted by Crippen LogP contribution is -2.44. The summed E-state index contributed by atoms with van der Waals surface area (Å²) in [7, 11) is 1.51. The molecule has 0 spiro atoms. The third kappa shape index (κ3) is 4.40. The van der Waals surface area contributed by atoms with E-state index in [-0.39, 0.29) is 30.1 Å². The first-order valence-corrected chi connectivity index (χ1v) is 10.7. The molecule has 0 saturated carbocycles. The molecule has 1 amide bonds. The van der Waals surface area contributed by atoms with Gasteiger partial charge < -0.3 is 26.0 Å². The van der Waals surface area contributed by atoms with E-state index in [4.69, 9.17) is 10.5 Å². The van der Waals surface area contributed by atoms with Crippen LogP contribution < -0.4 is 26.0 Å². The van der Waals surface area contributed by atoms with E-state index >= 15 is 0 Å². The Kier molecular flexibility index (Phi) is 6.19. The lowest BCUT2D eigenvalue weighted by molar-refractivity contribution is 0.0959. The maximum atomic E-state index is 14.6. The fourth-order valence-corrected chi connectivity index (χ4v) is 4.57. The summed E-state index contributed by atoms with van der Waals surface area (Å²) in [4.78, 5) is 19.6. The number of hydrogen-bond donors (Lipinski definition) is 3. The Hall–Kier alpha value is -2.98. The number of methoxy groups -OCH3 is 1. The Bertz CT molecular complexity index is 1110. The minimum Gasteiger partial charge on any atom is -0.481 e. The molecule has 164 valence electrons. The summed E-state index contributed by atoms with van der Waals surface area (Å²) in [6.45, 7) is 2.87. The zero-order chi connectivity index (χ0) is 22.0. The second-order valence-corrected chi connectivity index (χ2v) is 8.19. The SMILES string of the molecule is COc1ccc2c(N)c(C(=O)NCCc3cc(F)c(N4CCNCC4)cc3F)sc2n1. The van der Waals surface area contributed by atoms with Crippen LogP contribution in [0.3, 0.4) is 0 Å². The number of benzene rings is 1. The van der Waals surface area contributed by atoms with Crippen LogP contribution in [0.4, 0.5) is 20.2 Å². The fourth-order valence-electron chi connectivity index (χ4n) is 3.57. The van der Waals surface area contributed by atoms with Crippen molar-refractivity contribution in [2.75, 3.05) is 50.5 Å². The number of carbonyl (C=O) groups is 1. The van der Waals surface area contributed by atoms with E-state index in [9.17, 15) is 13.6 Å². The predicted molar refractivity (Wildman–Crippen MR) is 118 cm³/mol. The van der Waals surface area contributed by atoms with Crippen LogP contribution in [0.1, 0.15) is 15.2 Å². The van der Waals surface area contributed by atoms with Crippen molar-refractivity contribution in [1.82, 2.24) is 15.6 Å². The molecule has 3 aromatic rings. The molecule has 1 fully saturated rings. The summed E-state index contributed by atoms with van der Waals surface area (Å²) in [5.41, 5.74) is 6.92. The molecule has 0 aliphatic carbocycles. The highest BCUT2D eigenvalue weighted by molar-refractivity contribution is 7.21. The van der Waals surface area contributed by atoms with Gasteiger partial charge in [-0.2, -0.15) is 0 Å². The highest BCUT2D eigenvalue weighted by Crippen LogP contribution is 2.33. The maximum absolute atomic E-state index is 14.6. The van der Waals surface area contributed by atoms with Crippen LogP contribution in [0.5, 0.6) is 5.88 Å².